The monoisotopic (exact) mass is 374 g/mol. The molecule has 0 saturated heterocycles. The first-order valence-corrected chi connectivity index (χ1v) is 7.75. The van der Waals surface area contributed by atoms with Crippen molar-refractivity contribution < 1.29 is 22.4 Å². The van der Waals surface area contributed by atoms with Crippen molar-refractivity contribution in [1.82, 2.24) is 5.32 Å². The van der Waals surface area contributed by atoms with Crippen LogP contribution in [0.3, 0.4) is 0 Å². The molecule has 0 radical (unpaired) electrons. The third-order valence-corrected chi connectivity index (χ3v) is 3.67. The molecule has 2 aromatic carbocycles. The summed E-state index contributed by atoms with van der Waals surface area (Å²) in [4.78, 5) is 11.8. The van der Waals surface area contributed by atoms with E-state index in [0.29, 0.717) is 13.1 Å². The molecule has 0 fully saturated rings. The molecule has 0 atom stereocenters. The molecule has 0 aliphatic carbocycles. The molecule has 0 aliphatic heterocycles. The van der Waals surface area contributed by atoms with Crippen LogP contribution in [-0.2, 0) is 17.5 Å². The van der Waals surface area contributed by atoms with Crippen molar-refractivity contribution in [2.45, 2.75) is 19.1 Å². The molecular formula is C17H15ClF4N2O. The minimum absolute atomic E-state index is 0.0284. The van der Waals surface area contributed by atoms with Gasteiger partial charge in [0.15, 0.2) is 0 Å². The third kappa shape index (κ3) is 6.03. The van der Waals surface area contributed by atoms with Crippen LogP contribution >= 0.6 is 11.6 Å². The maximum absolute atomic E-state index is 12.8. The molecule has 2 rings (SSSR count). The zero-order valence-electron chi connectivity index (χ0n) is 13.0. The third-order valence-electron chi connectivity index (χ3n) is 3.34. The first-order valence-electron chi connectivity index (χ1n) is 7.37. The Kier molecular flexibility index (Phi) is 6.39. The van der Waals surface area contributed by atoms with Crippen LogP contribution in [0.2, 0.25) is 5.02 Å². The molecule has 25 heavy (non-hydrogen) atoms. The fourth-order valence-electron chi connectivity index (χ4n) is 2.05. The summed E-state index contributed by atoms with van der Waals surface area (Å²) in [6.45, 7) is 0.748. The van der Waals surface area contributed by atoms with Gasteiger partial charge in [-0.25, -0.2) is 4.39 Å². The molecule has 0 aliphatic rings. The normalized spacial score (nSPS) is 11.4. The van der Waals surface area contributed by atoms with Crippen molar-refractivity contribution in [2.24, 2.45) is 0 Å². The summed E-state index contributed by atoms with van der Waals surface area (Å²) in [6, 6.07) is 8.63. The number of halogens is 5. The molecule has 2 N–H and O–H groups in total. The fourth-order valence-corrected chi connectivity index (χ4v) is 2.21. The highest BCUT2D eigenvalue weighted by atomic mass is 35.5. The Bertz CT molecular complexity index is 732. The quantitative estimate of drug-likeness (QED) is 0.572. The molecular weight excluding hydrogens is 360 g/mol. The number of amides is 1. The van der Waals surface area contributed by atoms with E-state index in [1.54, 1.807) is 12.1 Å². The Morgan fingerprint density at radius 1 is 1.08 bits per heavy atom. The van der Waals surface area contributed by atoms with Crippen LogP contribution < -0.4 is 10.6 Å². The predicted molar refractivity (Wildman–Crippen MR) is 87.8 cm³/mol. The lowest BCUT2D eigenvalue weighted by Gasteiger charge is -2.12. The standard InChI is InChI=1S/C17H15ClF4N2O/c18-14-6-3-12(17(20,21)22)9-15(14)24-16(25)7-8-23-10-11-1-4-13(19)5-2-11/h1-6,9,23H,7-8,10H2,(H,24,25). The van der Waals surface area contributed by atoms with Crippen LogP contribution in [0.5, 0.6) is 0 Å². The molecule has 0 unspecified atom stereocenters. The number of carbonyl (C=O) groups is 1. The van der Waals surface area contributed by atoms with E-state index in [2.05, 4.69) is 10.6 Å². The molecule has 0 heterocycles. The SMILES string of the molecule is O=C(CCNCc1ccc(F)cc1)Nc1cc(C(F)(F)F)ccc1Cl. The number of rotatable bonds is 6. The molecule has 0 spiro atoms. The summed E-state index contributed by atoms with van der Waals surface area (Å²) < 4.78 is 50.8. The summed E-state index contributed by atoms with van der Waals surface area (Å²) in [5.41, 5.74) is -0.121. The average molecular weight is 375 g/mol. The summed E-state index contributed by atoms with van der Waals surface area (Å²) in [5, 5.41) is 5.39. The average Bonchev–Trinajstić information content (AvgIpc) is 2.54. The number of nitrogens with one attached hydrogen (secondary N) is 2. The number of anilines is 1. The maximum atomic E-state index is 12.8. The van der Waals surface area contributed by atoms with Gasteiger partial charge in [0.05, 0.1) is 16.3 Å². The van der Waals surface area contributed by atoms with Crippen molar-refractivity contribution in [1.29, 1.82) is 0 Å². The smallest absolute Gasteiger partial charge is 0.325 e. The predicted octanol–water partition coefficient (Wildman–Crippen LogP) is 4.62. The Labute approximate surface area is 147 Å². The van der Waals surface area contributed by atoms with Gasteiger partial charge in [-0.05, 0) is 35.9 Å². The fraction of sp³-hybridized carbons (Fsp3) is 0.235. The van der Waals surface area contributed by atoms with Gasteiger partial charge in [-0.3, -0.25) is 4.79 Å². The second kappa shape index (κ2) is 8.31. The number of hydrogen-bond acceptors (Lipinski definition) is 2. The molecule has 8 heteroatoms. The number of hydrogen-bond donors (Lipinski definition) is 2. The van der Waals surface area contributed by atoms with Crippen LogP contribution in [0, 0.1) is 5.82 Å². The van der Waals surface area contributed by atoms with E-state index in [9.17, 15) is 22.4 Å². The van der Waals surface area contributed by atoms with Crippen molar-refractivity contribution in [3.8, 4) is 0 Å². The summed E-state index contributed by atoms with van der Waals surface area (Å²) >= 11 is 5.82. The minimum Gasteiger partial charge on any atom is -0.325 e. The molecule has 3 nitrogen and oxygen atoms in total. The van der Waals surface area contributed by atoms with Gasteiger partial charge < -0.3 is 10.6 Å². The van der Waals surface area contributed by atoms with Crippen molar-refractivity contribution in [2.75, 3.05) is 11.9 Å². The molecule has 0 aromatic heterocycles. The number of carbonyl (C=O) groups excluding carboxylic acids is 1. The van der Waals surface area contributed by atoms with Crippen molar-refractivity contribution >= 4 is 23.2 Å². The zero-order valence-corrected chi connectivity index (χ0v) is 13.7. The summed E-state index contributed by atoms with van der Waals surface area (Å²) in [6.07, 6.45) is -4.46. The van der Waals surface area contributed by atoms with Crippen LogP contribution in [0.4, 0.5) is 23.2 Å². The molecule has 134 valence electrons. The number of alkyl halides is 3. The van der Waals surface area contributed by atoms with E-state index >= 15 is 0 Å². The molecule has 2 aromatic rings. The Balaban J connectivity index is 1.83. The van der Waals surface area contributed by atoms with Gasteiger partial charge in [0, 0.05) is 19.5 Å². The van der Waals surface area contributed by atoms with Gasteiger partial charge in [-0.1, -0.05) is 23.7 Å². The highest BCUT2D eigenvalue weighted by Gasteiger charge is 2.31. The van der Waals surface area contributed by atoms with Gasteiger partial charge in [0.25, 0.3) is 0 Å². The first kappa shape index (κ1) is 19.2. The lowest BCUT2D eigenvalue weighted by atomic mass is 10.2. The topological polar surface area (TPSA) is 41.1 Å². The van der Waals surface area contributed by atoms with Crippen LogP contribution in [-0.4, -0.2) is 12.5 Å². The molecule has 0 saturated carbocycles. The second-order valence-corrected chi connectivity index (χ2v) is 5.70. The van der Waals surface area contributed by atoms with Crippen LogP contribution in [0.25, 0.3) is 0 Å². The summed E-state index contributed by atoms with van der Waals surface area (Å²) in [7, 11) is 0. The lowest BCUT2D eigenvalue weighted by Crippen LogP contribution is -2.21. The van der Waals surface area contributed by atoms with E-state index in [4.69, 9.17) is 11.6 Å². The largest absolute Gasteiger partial charge is 0.416 e. The minimum atomic E-state index is -4.51. The van der Waals surface area contributed by atoms with Gasteiger partial charge in [0.2, 0.25) is 5.91 Å². The van der Waals surface area contributed by atoms with Crippen LogP contribution in [0.1, 0.15) is 17.5 Å². The Morgan fingerprint density at radius 3 is 2.40 bits per heavy atom. The maximum Gasteiger partial charge on any atom is 0.416 e. The Hall–Kier alpha value is -2.12. The Morgan fingerprint density at radius 2 is 1.76 bits per heavy atom. The van der Waals surface area contributed by atoms with Gasteiger partial charge in [-0.2, -0.15) is 13.2 Å². The molecule has 0 bridgehead atoms. The lowest BCUT2D eigenvalue weighted by molar-refractivity contribution is -0.137. The van der Waals surface area contributed by atoms with Gasteiger partial charge in [-0.15, -0.1) is 0 Å². The van der Waals surface area contributed by atoms with Gasteiger partial charge in [0.1, 0.15) is 5.82 Å². The number of benzene rings is 2. The second-order valence-electron chi connectivity index (χ2n) is 5.29. The van der Waals surface area contributed by atoms with E-state index in [1.165, 1.54) is 12.1 Å². The van der Waals surface area contributed by atoms with Crippen molar-refractivity contribution in [3.63, 3.8) is 0 Å². The van der Waals surface area contributed by atoms with Crippen molar-refractivity contribution in [3.05, 3.63) is 64.4 Å². The first-order chi connectivity index (χ1) is 11.8. The highest BCUT2D eigenvalue weighted by Crippen LogP contribution is 2.33. The van der Waals surface area contributed by atoms with E-state index in [0.717, 1.165) is 23.8 Å². The zero-order chi connectivity index (χ0) is 18.4. The van der Waals surface area contributed by atoms with E-state index < -0.39 is 17.6 Å². The van der Waals surface area contributed by atoms with E-state index in [1.807, 2.05) is 0 Å². The summed E-state index contributed by atoms with van der Waals surface area (Å²) in [5.74, 6) is -0.797. The molecule has 1 amide bonds. The highest BCUT2D eigenvalue weighted by molar-refractivity contribution is 6.33. The van der Waals surface area contributed by atoms with E-state index in [-0.39, 0.29) is 22.9 Å². The van der Waals surface area contributed by atoms with Crippen LogP contribution in [0.15, 0.2) is 42.5 Å². The van der Waals surface area contributed by atoms with Gasteiger partial charge >= 0.3 is 6.18 Å².